The van der Waals surface area contributed by atoms with E-state index in [0.717, 1.165) is 24.6 Å². The number of carbonyl (C=O) groups is 1. The molecule has 1 saturated heterocycles. The Hall–Kier alpha value is -1.62. The van der Waals surface area contributed by atoms with Crippen LogP contribution < -0.4 is 5.32 Å². The number of aromatic hydroxyl groups is 1. The molecule has 1 fully saturated rings. The zero-order chi connectivity index (χ0) is 14.0. The summed E-state index contributed by atoms with van der Waals surface area (Å²) in [6, 6.07) is 4.05. The highest BCUT2D eigenvalue weighted by atomic mass is 19.1. The average molecular weight is 266 g/mol. The first kappa shape index (κ1) is 13.8. The molecule has 0 radical (unpaired) electrons. The van der Waals surface area contributed by atoms with Gasteiger partial charge in [0.05, 0.1) is 5.41 Å². The van der Waals surface area contributed by atoms with E-state index in [0.29, 0.717) is 13.1 Å². The predicted molar refractivity (Wildman–Crippen MR) is 70.1 cm³/mol. The molecule has 1 atom stereocenters. The van der Waals surface area contributed by atoms with E-state index >= 15 is 0 Å². The maximum atomic E-state index is 13.2. The molecule has 1 unspecified atom stereocenters. The van der Waals surface area contributed by atoms with Crippen LogP contribution >= 0.6 is 0 Å². The number of likely N-dealkylation sites (tertiary alicyclic amines) is 1. The van der Waals surface area contributed by atoms with Crippen LogP contribution in [0.25, 0.3) is 0 Å². The van der Waals surface area contributed by atoms with Gasteiger partial charge >= 0.3 is 0 Å². The monoisotopic (exact) mass is 266 g/mol. The molecule has 1 aliphatic rings. The molecule has 2 rings (SSSR count). The molecular formula is C14H19FN2O2. The Labute approximate surface area is 112 Å². The van der Waals surface area contributed by atoms with E-state index < -0.39 is 5.82 Å². The van der Waals surface area contributed by atoms with Crippen LogP contribution in [0.1, 0.15) is 18.9 Å². The van der Waals surface area contributed by atoms with Crippen LogP contribution in [0.5, 0.6) is 5.75 Å². The van der Waals surface area contributed by atoms with E-state index in [4.69, 9.17) is 0 Å². The highest BCUT2D eigenvalue weighted by Crippen LogP contribution is 2.31. The summed E-state index contributed by atoms with van der Waals surface area (Å²) in [6.07, 6.45) is 0.786. The topological polar surface area (TPSA) is 52.6 Å². The summed E-state index contributed by atoms with van der Waals surface area (Å²) in [7, 11) is 1.64. The number of carbonyl (C=O) groups excluding carboxylic acids is 1. The number of phenols is 1. The smallest absolute Gasteiger partial charge is 0.227 e. The van der Waals surface area contributed by atoms with Crippen molar-refractivity contribution in [3.63, 3.8) is 0 Å². The number of nitrogens with zero attached hydrogens (tertiary/aromatic N) is 1. The predicted octanol–water partition coefficient (Wildman–Crippen LogP) is 1.49. The molecular weight excluding hydrogens is 247 g/mol. The second-order valence-electron chi connectivity index (χ2n) is 5.42. The first-order chi connectivity index (χ1) is 8.93. The molecule has 0 bridgehead atoms. The van der Waals surface area contributed by atoms with Crippen LogP contribution in [0, 0.1) is 11.2 Å². The van der Waals surface area contributed by atoms with Gasteiger partial charge in [0.15, 0.2) is 0 Å². The van der Waals surface area contributed by atoms with Crippen LogP contribution in [0.4, 0.5) is 4.39 Å². The van der Waals surface area contributed by atoms with Gasteiger partial charge in [0.2, 0.25) is 5.91 Å². The Morgan fingerprint density at radius 1 is 1.53 bits per heavy atom. The van der Waals surface area contributed by atoms with Crippen molar-refractivity contribution in [2.75, 3.05) is 20.1 Å². The Morgan fingerprint density at radius 3 is 2.89 bits per heavy atom. The van der Waals surface area contributed by atoms with Crippen molar-refractivity contribution >= 4 is 5.91 Å². The Kier molecular flexibility index (Phi) is 3.75. The molecule has 0 saturated carbocycles. The fourth-order valence-electron chi connectivity index (χ4n) is 2.66. The fraction of sp³-hybridized carbons (Fsp3) is 0.500. The van der Waals surface area contributed by atoms with Crippen molar-refractivity contribution in [2.45, 2.75) is 19.9 Å². The molecule has 0 spiro atoms. The SMILES string of the molecule is CNC(=O)C1(C)CCN(Cc2cc(O)cc(F)c2)C1. The molecule has 2 N–H and O–H groups in total. The van der Waals surface area contributed by atoms with E-state index in [1.54, 1.807) is 13.1 Å². The van der Waals surface area contributed by atoms with E-state index in [1.165, 1.54) is 6.07 Å². The second-order valence-corrected chi connectivity index (χ2v) is 5.42. The Morgan fingerprint density at radius 2 is 2.26 bits per heavy atom. The molecule has 1 aromatic carbocycles. The molecule has 104 valence electrons. The first-order valence-corrected chi connectivity index (χ1v) is 6.36. The quantitative estimate of drug-likeness (QED) is 0.871. The number of rotatable bonds is 3. The molecule has 1 aliphatic heterocycles. The molecule has 19 heavy (non-hydrogen) atoms. The number of amides is 1. The number of halogens is 1. The zero-order valence-electron chi connectivity index (χ0n) is 11.2. The standard InChI is InChI=1S/C14H19FN2O2/c1-14(13(19)16-2)3-4-17(9-14)8-10-5-11(15)7-12(18)6-10/h5-7,18H,3-4,8-9H2,1-2H3,(H,16,19). The molecule has 1 aromatic rings. The Bertz CT molecular complexity index is 472. The third-order valence-electron chi connectivity index (χ3n) is 3.68. The summed E-state index contributed by atoms with van der Waals surface area (Å²) in [5, 5.41) is 12.1. The van der Waals surface area contributed by atoms with Crippen LogP contribution in [0.3, 0.4) is 0 Å². The van der Waals surface area contributed by atoms with Crippen LogP contribution in [-0.2, 0) is 11.3 Å². The minimum Gasteiger partial charge on any atom is -0.508 e. The third kappa shape index (κ3) is 3.04. The lowest BCUT2D eigenvalue weighted by Gasteiger charge is -2.22. The van der Waals surface area contributed by atoms with Crippen molar-refractivity contribution < 1.29 is 14.3 Å². The van der Waals surface area contributed by atoms with Crippen molar-refractivity contribution in [3.8, 4) is 5.75 Å². The molecule has 0 aromatic heterocycles. The van der Waals surface area contributed by atoms with E-state index in [9.17, 15) is 14.3 Å². The summed E-state index contributed by atoms with van der Waals surface area (Å²) in [5.74, 6) is -0.469. The minimum absolute atomic E-state index is 0.0390. The fourth-order valence-corrected chi connectivity index (χ4v) is 2.66. The van der Waals surface area contributed by atoms with Crippen LogP contribution in [0.2, 0.25) is 0 Å². The van der Waals surface area contributed by atoms with Crippen molar-refractivity contribution in [1.82, 2.24) is 10.2 Å². The van der Waals surface area contributed by atoms with Gasteiger partial charge < -0.3 is 10.4 Å². The minimum atomic E-state index is -0.441. The van der Waals surface area contributed by atoms with Gasteiger partial charge in [-0.15, -0.1) is 0 Å². The van der Waals surface area contributed by atoms with Gasteiger partial charge in [-0.1, -0.05) is 0 Å². The van der Waals surface area contributed by atoms with Gasteiger partial charge in [0, 0.05) is 26.2 Å². The van der Waals surface area contributed by atoms with Gasteiger partial charge in [-0.3, -0.25) is 9.69 Å². The Balaban J connectivity index is 2.04. The van der Waals surface area contributed by atoms with Gasteiger partial charge in [-0.25, -0.2) is 4.39 Å². The maximum absolute atomic E-state index is 13.2. The van der Waals surface area contributed by atoms with Crippen molar-refractivity contribution in [3.05, 3.63) is 29.6 Å². The number of phenolic OH excluding ortho intramolecular Hbond substituents is 1. The summed E-state index contributed by atoms with van der Waals surface area (Å²) in [5.41, 5.74) is 0.336. The molecule has 5 heteroatoms. The lowest BCUT2D eigenvalue weighted by Crippen LogP contribution is -2.39. The maximum Gasteiger partial charge on any atom is 0.227 e. The summed E-state index contributed by atoms with van der Waals surface area (Å²) in [6.45, 7) is 3.91. The highest BCUT2D eigenvalue weighted by Gasteiger charge is 2.39. The lowest BCUT2D eigenvalue weighted by molar-refractivity contribution is -0.129. The number of benzene rings is 1. The normalized spacial score (nSPS) is 23.5. The average Bonchev–Trinajstić information content (AvgIpc) is 2.69. The molecule has 1 amide bonds. The number of hydrogen-bond donors (Lipinski definition) is 2. The van der Waals surface area contributed by atoms with Gasteiger partial charge in [0.25, 0.3) is 0 Å². The molecule has 1 heterocycles. The van der Waals surface area contributed by atoms with E-state index in [1.807, 2.05) is 6.92 Å². The molecule has 4 nitrogen and oxygen atoms in total. The second kappa shape index (κ2) is 5.17. The van der Waals surface area contributed by atoms with Gasteiger partial charge in [-0.05, 0) is 37.6 Å². The summed E-state index contributed by atoms with van der Waals surface area (Å²) >= 11 is 0. The summed E-state index contributed by atoms with van der Waals surface area (Å²) < 4.78 is 13.2. The van der Waals surface area contributed by atoms with Crippen LogP contribution in [0.15, 0.2) is 18.2 Å². The van der Waals surface area contributed by atoms with Crippen molar-refractivity contribution in [2.24, 2.45) is 5.41 Å². The zero-order valence-corrected chi connectivity index (χ0v) is 11.2. The van der Waals surface area contributed by atoms with Crippen LogP contribution in [-0.4, -0.2) is 36.1 Å². The summed E-state index contributed by atoms with van der Waals surface area (Å²) in [4.78, 5) is 13.9. The van der Waals surface area contributed by atoms with E-state index in [-0.39, 0.29) is 17.1 Å². The lowest BCUT2D eigenvalue weighted by atomic mass is 9.89. The molecule has 0 aliphatic carbocycles. The van der Waals surface area contributed by atoms with Gasteiger partial charge in [0.1, 0.15) is 11.6 Å². The number of nitrogens with one attached hydrogen (secondary N) is 1. The van der Waals surface area contributed by atoms with Crippen molar-refractivity contribution in [1.29, 1.82) is 0 Å². The third-order valence-corrected chi connectivity index (χ3v) is 3.68. The largest absolute Gasteiger partial charge is 0.508 e. The number of hydrogen-bond acceptors (Lipinski definition) is 3. The van der Waals surface area contributed by atoms with E-state index in [2.05, 4.69) is 10.2 Å². The highest BCUT2D eigenvalue weighted by molar-refractivity contribution is 5.82. The van der Waals surface area contributed by atoms with Gasteiger partial charge in [-0.2, -0.15) is 0 Å². The first-order valence-electron chi connectivity index (χ1n) is 6.36.